The summed E-state index contributed by atoms with van der Waals surface area (Å²) < 4.78 is 65.3. The zero-order valence-corrected chi connectivity index (χ0v) is 20.0. The molecule has 0 aliphatic carbocycles. The molecule has 188 valence electrons. The van der Waals surface area contributed by atoms with Gasteiger partial charge in [0.1, 0.15) is 11.5 Å². The number of allylic oxidation sites excluding steroid dienone is 1. The van der Waals surface area contributed by atoms with Crippen molar-refractivity contribution in [3.8, 4) is 0 Å². The van der Waals surface area contributed by atoms with E-state index in [4.69, 9.17) is 5.73 Å². The zero-order chi connectivity index (χ0) is 26.5. The molecular weight excluding hydrogens is 495 g/mol. The lowest BCUT2D eigenvalue weighted by atomic mass is 10.1. The maximum Gasteiger partial charge on any atom is 0.433 e. The number of nitrogens with two attached hydrogens (primary N) is 1. The van der Waals surface area contributed by atoms with Gasteiger partial charge in [0, 0.05) is 29.2 Å². The molecule has 0 saturated carbocycles. The number of aliphatic imine (C=N–C) groups is 1. The number of alkyl halides is 3. The predicted molar refractivity (Wildman–Crippen MR) is 131 cm³/mol. The molecule has 1 amide bonds. The lowest BCUT2D eigenvalue weighted by Gasteiger charge is -2.10. The number of pyridine rings is 2. The molecule has 2 aromatic heterocycles. The maximum atomic E-state index is 13.5. The smallest absolute Gasteiger partial charge is 0.398 e. The van der Waals surface area contributed by atoms with Gasteiger partial charge in [-0.05, 0) is 62.4 Å². The fourth-order valence-electron chi connectivity index (χ4n) is 2.88. The van der Waals surface area contributed by atoms with Crippen molar-refractivity contribution in [1.82, 2.24) is 9.97 Å². The van der Waals surface area contributed by atoms with Crippen LogP contribution < -0.4 is 11.1 Å². The molecule has 0 fully saturated rings. The van der Waals surface area contributed by atoms with E-state index in [1.54, 1.807) is 0 Å². The standard InChI is InChI=1S/C24H22F3N5O3S/c1-15(2)36(34,35)19-7-3-5-16(11-19)23(33)32-22-9-8-18(14-30-22)31-21(24(25,26)27)12-20(28)17-6-4-10-29-13-17/h3-15H,28H2,1-2H3,(H,30,32,33). The molecule has 0 atom stereocenters. The van der Waals surface area contributed by atoms with Crippen LogP contribution >= 0.6 is 0 Å². The van der Waals surface area contributed by atoms with Crippen molar-refractivity contribution < 1.29 is 26.4 Å². The SMILES string of the molecule is CC(C)S(=O)(=O)c1cccc(C(=O)Nc2ccc(N=C(C=C(N)c3cccnc3)C(F)(F)F)cn2)c1. The van der Waals surface area contributed by atoms with Crippen LogP contribution in [0.3, 0.4) is 0 Å². The first-order valence-electron chi connectivity index (χ1n) is 10.5. The molecule has 3 aromatic rings. The van der Waals surface area contributed by atoms with Gasteiger partial charge in [-0.15, -0.1) is 0 Å². The van der Waals surface area contributed by atoms with E-state index in [1.807, 2.05) is 0 Å². The monoisotopic (exact) mass is 517 g/mol. The summed E-state index contributed by atoms with van der Waals surface area (Å²) in [5, 5.41) is 1.81. The highest BCUT2D eigenvalue weighted by Crippen LogP contribution is 2.24. The molecule has 2 heterocycles. The van der Waals surface area contributed by atoms with Crippen molar-refractivity contribution in [1.29, 1.82) is 0 Å². The molecule has 0 bridgehead atoms. The highest BCUT2D eigenvalue weighted by molar-refractivity contribution is 7.92. The summed E-state index contributed by atoms with van der Waals surface area (Å²) in [6, 6.07) is 11.1. The van der Waals surface area contributed by atoms with Crippen LogP contribution in [0.4, 0.5) is 24.7 Å². The average Bonchev–Trinajstić information content (AvgIpc) is 2.84. The summed E-state index contributed by atoms with van der Waals surface area (Å²) in [5.74, 6) is -0.599. The number of carbonyl (C=O) groups is 1. The van der Waals surface area contributed by atoms with Crippen LogP contribution in [0.25, 0.3) is 5.70 Å². The van der Waals surface area contributed by atoms with Crippen molar-refractivity contribution in [3.63, 3.8) is 0 Å². The zero-order valence-electron chi connectivity index (χ0n) is 19.2. The second kappa shape index (κ2) is 10.7. The second-order valence-electron chi connectivity index (χ2n) is 7.81. The number of anilines is 1. The molecule has 0 spiro atoms. The van der Waals surface area contributed by atoms with E-state index in [0.717, 1.165) is 6.20 Å². The van der Waals surface area contributed by atoms with Crippen molar-refractivity contribution in [2.45, 2.75) is 30.2 Å². The number of halogens is 3. The van der Waals surface area contributed by atoms with Crippen LogP contribution in [0.1, 0.15) is 29.8 Å². The fourth-order valence-corrected chi connectivity index (χ4v) is 3.99. The van der Waals surface area contributed by atoms with Gasteiger partial charge in [-0.3, -0.25) is 9.78 Å². The normalized spacial score (nSPS) is 13.1. The topological polar surface area (TPSA) is 127 Å². The number of carbonyl (C=O) groups excluding carboxylic acids is 1. The molecule has 0 aliphatic heterocycles. The minimum absolute atomic E-state index is 0.00101. The largest absolute Gasteiger partial charge is 0.433 e. The van der Waals surface area contributed by atoms with E-state index in [0.29, 0.717) is 11.6 Å². The van der Waals surface area contributed by atoms with Crippen LogP contribution in [0.15, 0.2) is 83.1 Å². The van der Waals surface area contributed by atoms with Crippen LogP contribution in [0.2, 0.25) is 0 Å². The van der Waals surface area contributed by atoms with E-state index in [2.05, 4.69) is 20.3 Å². The Morgan fingerprint density at radius 1 is 1.08 bits per heavy atom. The second-order valence-corrected chi connectivity index (χ2v) is 10.3. The first-order chi connectivity index (χ1) is 16.9. The minimum atomic E-state index is -4.79. The number of nitrogens with zero attached hydrogens (tertiary/aromatic N) is 3. The van der Waals surface area contributed by atoms with E-state index in [9.17, 15) is 26.4 Å². The number of hydrogen-bond donors (Lipinski definition) is 2. The van der Waals surface area contributed by atoms with E-state index < -0.39 is 32.9 Å². The third-order valence-electron chi connectivity index (χ3n) is 4.86. The Morgan fingerprint density at radius 3 is 2.39 bits per heavy atom. The number of sulfone groups is 1. The predicted octanol–water partition coefficient (Wildman–Crippen LogP) is 4.55. The van der Waals surface area contributed by atoms with Gasteiger partial charge in [-0.25, -0.2) is 18.4 Å². The first kappa shape index (κ1) is 26.5. The molecule has 36 heavy (non-hydrogen) atoms. The number of hydrogen-bond acceptors (Lipinski definition) is 7. The molecule has 3 N–H and O–H groups in total. The van der Waals surface area contributed by atoms with Crippen LogP contribution in [0.5, 0.6) is 0 Å². The summed E-state index contributed by atoms with van der Waals surface area (Å²) >= 11 is 0. The Labute approximate surface area is 205 Å². The van der Waals surface area contributed by atoms with Crippen LogP contribution in [-0.4, -0.2) is 41.4 Å². The molecule has 0 saturated heterocycles. The van der Waals surface area contributed by atoms with Gasteiger partial charge in [0.2, 0.25) is 0 Å². The summed E-state index contributed by atoms with van der Waals surface area (Å²) in [6.07, 6.45) is -0.250. The average molecular weight is 518 g/mol. The van der Waals surface area contributed by atoms with Gasteiger partial charge in [0.05, 0.1) is 22.0 Å². The summed E-state index contributed by atoms with van der Waals surface area (Å²) in [7, 11) is -3.58. The highest BCUT2D eigenvalue weighted by atomic mass is 32.2. The first-order valence-corrected chi connectivity index (χ1v) is 12.1. The summed E-state index contributed by atoms with van der Waals surface area (Å²) in [6.45, 7) is 3.06. The molecule has 0 aliphatic rings. The number of rotatable bonds is 7. The molecular formula is C24H22F3N5O3S. The van der Waals surface area contributed by atoms with Gasteiger partial charge in [-0.1, -0.05) is 6.07 Å². The summed E-state index contributed by atoms with van der Waals surface area (Å²) in [4.78, 5) is 23.9. The molecule has 8 nitrogen and oxygen atoms in total. The van der Waals surface area contributed by atoms with Crippen LogP contribution in [0, 0.1) is 0 Å². The van der Waals surface area contributed by atoms with E-state index in [1.165, 1.54) is 74.8 Å². The van der Waals surface area contributed by atoms with Crippen LogP contribution in [-0.2, 0) is 9.84 Å². The minimum Gasteiger partial charge on any atom is -0.398 e. The maximum absolute atomic E-state index is 13.5. The van der Waals surface area contributed by atoms with Gasteiger partial charge >= 0.3 is 6.18 Å². The lowest BCUT2D eigenvalue weighted by Crippen LogP contribution is -2.22. The van der Waals surface area contributed by atoms with E-state index in [-0.39, 0.29) is 27.7 Å². The Bertz CT molecular complexity index is 1400. The Morgan fingerprint density at radius 2 is 1.81 bits per heavy atom. The highest BCUT2D eigenvalue weighted by Gasteiger charge is 2.34. The third kappa shape index (κ3) is 6.54. The molecule has 12 heteroatoms. The van der Waals surface area contributed by atoms with Crippen molar-refractivity contribution in [3.05, 3.63) is 84.3 Å². The van der Waals surface area contributed by atoms with Gasteiger partial charge in [0.25, 0.3) is 5.91 Å². The van der Waals surface area contributed by atoms with Crippen molar-refractivity contribution in [2.24, 2.45) is 10.7 Å². The van der Waals surface area contributed by atoms with Gasteiger partial charge in [0.15, 0.2) is 9.84 Å². The van der Waals surface area contributed by atoms with E-state index >= 15 is 0 Å². The fraction of sp³-hybridized carbons (Fsp3) is 0.167. The van der Waals surface area contributed by atoms with Crippen molar-refractivity contribution >= 4 is 38.7 Å². The Kier molecular flexibility index (Phi) is 7.88. The summed E-state index contributed by atoms with van der Waals surface area (Å²) in [5.41, 5.74) is 4.62. The molecule has 0 unspecified atom stereocenters. The van der Waals surface area contributed by atoms with Crippen molar-refractivity contribution in [2.75, 3.05) is 5.32 Å². The number of benzene rings is 1. The molecule has 1 aromatic carbocycles. The Balaban J connectivity index is 1.81. The Hall–Kier alpha value is -4.06. The molecule has 3 rings (SSSR count). The lowest BCUT2D eigenvalue weighted by molar-refractivity contribution is -0.0576. The third-order valence-corrected chi connectivity index (χ3v) is 7.01. The number of amides is 1. The van der Waals surface area contributed by atoms with Gasteiger partial charge < -0.3 is 11.1 Å². The number of nitrogens with one attached hydrogen (secondary N) is 1. The van der Waals surface area contributed by atoms with Gasteiger partial charge in [-0.2, -0.15) is 13.2 Å². The quantitative estimate of drug-likeness (QED) is 0.443. The molecule has 0 radical (unpaired) electrons. The number of aromatic nitrogens is 2.